The lowest BCUT2D eigenvalue weighted by Gasteiger charge is -2.22. The SMILES string of the molecule is ClC(Cl)=NC(Cl)=C(Cl)N(Cl)C(Cl)(Cl)Cl. The molecule has 0 unspecified atom stereocenters. The molecule has 0 saturated carbocycles. The van der Waals surface area contributed by atoms with Gasteiger partial charge in [-0.3, -0.25) is 0 Å². The van der Waals surface area contributed by atoms with Crippen molar-refractivity contribution in [3.8, 4) is 0 Å². The minimum atomic E-state index is -1.97. The maximum Gasteiger partial charge on any atom is 0.282 e. The Morgan fingerprint density at radius 2 is 1.43 bits per heavy atom. The third kappa shape index (κ3) is 5.57. The first-order chi connectivity index (χ1) is 6.16. The van der Waals surface area contributed by atoms with Crippen molar-refractivity contribution in [1.82, 2.24) is 4.42 Å². The van der Waals surface area contributed by atoms with Crippen LogP contribution in [0.1, 0.15) is 0 Å². The highest BCUT2D eigenvalue weighted by Crippen LogP contribution is 2.38. The van der Waals surface area contributed by atoms with Crippen LogP contribution in [0.3, 0.4) is 0 Å². The van der Waals surface area contributed by atoms with Crippen LogP contribution < -0.4 is 0 Å². The van der Waals surface area contributed by atoms with Crippen LogP contribution in [0.2, 0.25) is 0 Å². The van der Waals surface area contributed by atoms with Crippen molar-refractivity contribution in [2.24, 2.45) is 4.99 Å². The lowest BCUT2D eigenvalue weighted by Crippen LogP contribution is -2.23. The molecule has 0 aromatic carbocycles. The van der Waals surface area contributed by atoms with E-state index in [2.05, 4.69) is 4.99 Å². The topological polar surface area (TPSA) is 15.6 Å². The number of halogens is 8. The molecule has 0 amide bonds. The van der Waals surface area contributed by atoms with Crippen molar-refractivity contribution in [1.29, 1.82) is 0 Å². The maximum absolute atomic E-state index is 5.57. The Balaban J connectivity index is 4.93. The minimum absolute atomic E-state index is 0.312. The molecule has 0 heterocycles. The summed E-state index contributed by atoms with van der Waals surface area (Å²) in [7, 11) is 0. The van der Waals surface area contributed by atoms with E-state index in [-0.39, 0.29) is 14.9 Å². The van der Waals surface area contributed by atoms with Gasteiger partial charge in [0.15, 0.2) is 14.9 Å². The highest BCUT2D eigenvalue weighted by Gasteiger charge is 2.31. The molecule has 0 rings (SSSR count). The molecule has 0 radical (unpaired) electrons. The van der Waals surface area contributed by atoms with Crippen molar-refractivity contribution in [2.45, 2.75) is 3.92 Å². The average Bonchev–Trinajstić information content (AvgIpc) is 1.98. The molecule has 0 saturated heterocycles. The molecule has 0 aliphatic rings. The summed E-state index contributed by atoms with van der Waals surface area (Å²) in [5.41, 5.74) is 0. The molecule has 2 nitrogen and oxygen atoms in total. The second kappa shape index (κ2) is 6.31. The van der Waals surface area contributed by atoms with E-state index in [0.29, 0.717) is 4.42 Å². The Kier molecular flexibility index (Phi) is 7.00. The van der Waals surface area contributed by atoms with E-state index in [4.69, 9.17) is 93.0 Å². The minimum Gasteiger partial charge on any atom is -0.223 e. The number of aliphatic imine (C=N–C) groups is 1. The van der Waals surface area contributed by atoms with E-state index in [1.807, 2.05) is 0 Å². The highest BCUT2D eigenvalue weighted by atomic mass is 35.6. The molecule has 0 aliphatic carbocycles. The number of nitrogens with zero attached hydrogens (tertiary/aromatic N) is 2. The molecule has 82 valence electrons. The fourth-order valence-electron chi connectivity index (χ4n) is 0.313. The van der Waals surface area contributed by atoms with Crippen LogP contribution in [0.25, 0.3) is 0 Å². The van der Waals surface area contributed by atoms with Crippen LogP contribution in [0.5, 0.6) is 0 Å². The zero-order valence-corrected chi connectivity index (χ0v) is 12.0. The van der Waals surface area contributed by atoms with E-state index in [1.54, 1.807) is 0 Å². The quantitative estimate of drug-likeness (QED) is 0.286. The molecule has 10 heteroatoms. The second-order valence-electron chi connectivity index (χ2n) is 1.68. The van der Waals surface area contributed by atoms with Crippen LogP contribution in [-0.2, 0) is 0 Å². The van der Waals surface area contributed by atoms with E-state index in [1.165, 1.54) is 0 Å². The predicted octanol–water partition coefficient (Wildman–Crippen LogP) is 5.21. The van der Waals surface area contributed by atoms with Crippen LogP contribution in [0.15, 0.2) is 15.3 Å². The van der Waals surface area contributed by atoms with Gasteiger partial charge in [-0.25, -0.2) is 9.41 Å². The van der Waals surface area contributed by atoms with Gasteiger partial charge < -0.3 is 0 Å². The van der Waals surface area contributed by atoms with Gasteiger partial charge in [0.25, 0.3) is 3.92 Å². The summed E-state index contributed by atoms with van der Waals surface area (Å²) < 4.78 is -1.78. The first-order valence-electron chi connectivity index (χ1n) is 2.64. The molecule has 14 heavy (non-hydrogen) atoms. The van der Waals surface area contributed by atoms with Crippen LogP contribution in [0, 0.1) is 0 Å². The zero-order valence-electron chi connectivity index (χ0n) is 5.92. The Bertz CT molecular complexity index is 261. The molecule has 0 aromatic heterocycles. The van der Waals surface area contributed by atoms with E-state index >= 15 is 0 Å². The van der Waals surface area contributed by atoms with Crippen molar-refractivity contribution < 1.29 is 0 Å². The van der Waals surface area contributed by atoms with E-state index < -0.39 is 3.92 Å². The molecular formula is C4Cl8N2. The van der Waals surface area contributed by atoms with Crippen molar-refractivity contribution in [2.75, 3.05) is 0 Å². The smallest absolute Gasteiger partial charge is 0.223 e. The van der Waals surface area contributed by atoms with Gasteiger partial charge in [0.2, 0.25) is 0 Å². The highest BCUT2D eigenvalue weighted by molar-refractivity contribution is 6.95. The fourth-order valence-corrected chi connectivity index (χ4v) is 1.41. The Morgan fingerprint density at radius 3 is 1.71 bits per heavy atom. The summed E-state index contributed by atoms with van der Waals surface area (Å²) in [5.74, 6) is 0. The number of rotatable bonds is 2. The Hall–Kier alpha value is 1.53. The summed E-state index contributed by atoms with van der Waals surface area (Å²) in [6, 6.07) is 0. The third-order valence-corrected chi connectivity index (χ3v) is 2.90. The van der Waals surface area contributed by atoms with Crippen molar-refractivity contribution in [3.63, 3.8) is 0 Å². The van der Waals surface area contributed by atoms with Crippen molar-refractivity contribution >= 4 is 97.6 Å². The summed E-state index contributed by atoms with van der Waals surface area (Å²) in [4.78, 5) is 3.37. The molecule has 0 aliphatic heterocycles. The van der Waals surface area contributed by atoms with Gasteiger partial charge in [-0.05, 0) is 23.2 Å². The summed E-state index contributed by atoms with van der Waals surface area (Å²) >= 11 is 43.2. The van der Waals surface area contributed by atoms with Gasteiger partial charge in [0.05, 0.1) is 0 Å². The standard InChI is InChI=1S/C4Cl8N2/c5-1(13-3(7)8)2(6)14(12)4(9,10)11. The number of hydrogen-bond acceptors (Lipinski definition) is 2. The second-order valence-corrected chi connectivity index (χ2v) is 5.87. The van der Waals surface area contributed by atoms with E-state index in [0.717, 1.165) is 0 Å². The summed E-state index contributed by atoms with van der Waals surface area (Å²) in [6.07, 6.45) is 0. The van der Waals surface area contributed by atoms with Crippen LogP contribution in [-0.4, -0.2) is 13.0 Å². The van der Waals surface area contributed by atoms with Gasteiger partial charge in [0.1, 0.15) is 0 Å². The molecule has 0 atom stereocenters. The molecular weight excluding hydrogens is 360 g/mol. The molecule has 0 spiro atoms. The Labute approximate surface area is 120 Å². The lowest BCUT2D eigenvalue weighted by molar-refractivity contribution is 0.604. The lowest BCUT2D eigenvalue weighted by atomic mass is 10.8. The largest absolute Gasteiger partial charge is 0.282 e. The van der Waals surface area contributed by atoms with Gasteiger partial charge in [-0.15, -0.1) is 0 Å². The molecule has 0 aromatic rings. The number of alkyl halides is 3. The normalized spacial score (nSPS) is 13.4. The van der Waals surface area contributed by atoms with Crippen molar-refractivity contribution in [3.05, 3.63) is 10.3 Å². The van der Waals surface area contributed by atoms with E-state index in [9.17, 15) is 0 Å². The zero-order chi connectivity index (χ0) is 11.5. The fraction of sp³-hybridized carbons (Fsp3) is 0.250. The first kappa shape index (κ1) is 15.5. The molecule has 0 N–H and O–H groups in total. The third-order valence-electron chi connectivity index (χ3n) is 0.748. The van der Waals surface area contributed by atoms with Gasteiger partial charge >= 0.3 is 0 Å². The number of hydrogen-bond donors (Lipinski definition) is 0. The average molecular weight is 360 g/mol. The maximum atomic E-state index is 5.57. The predicted molar refractivity (Wildman–Crippen MR) is 65.9 cm³/mol. The Morgan fingerprint density at radius 1 is 1.00 bits per heavy atom. The molecule has 0 fully saturated rings. The summed E-state index contributed by atoms with van der Waals surface area (Å²) in [5, 5.41) is -0.639. The van der Waals surface area contributed by atoms with Crippen LogP contribution in [0.4, 0.5) is 0 Å². The van der Waals surface area contributed by atoms with Gasteiger partial charge in [0, 0.05) is 11.8 Å². The monoisotopic (exact) mass is 356 g/mol. The summed E-state index contributed by atoms with van der Waals surface area (Å²) in [6.45, 7) is 0. The molecule has 0 bridgehead atoms. The first-order valence-corrected chi connectivity index (χ1v) is 5.62. The van der Waals surface area contributed by atoms with Gasteiger partial charge in [-0.2, -0.15) is 0 Å². The van der Waals surface area contributed by atoms with Crippen LogP contribution >= 0.6 is 93.0 Å². The van der Waals surface area contributed by atoms with Gasteiger partial charge in [-0.1, -0.05) is 58.0 Å².